The second-order valence-electron chi connectivity index (χ2n) is 7.42. The molecule has 0 spiro atoms. The molecule has 0 bridgehead atoms. The Morgan fingerprint density at radius 2 is 1.33 bits per heavy atom. The van der Waals surface area contributed by atoms with Crippen molar-refractivity contribution in [3.63, 3.8) is 0 Å². The fourth-order valence-corrected chi connectivity index (χ4v) is 3.60. The maximum absolute atomic E-state index is 13.3. The maximum Gasteiger partial charge on any atom is 0.270 e. The number of nitro groups is 2. The molecule has 9 heteroatoms. The standard InChI is InChI=1S/C24H18N4O5/c29-24-19(11-17-5-3-7-21(13-17)27(30)31)15-26(23-9-1-2-10-25-23)16-20(24)12-18-6-4-8-22(14-18)28(32)33/h1-14H,15-16H2/b19-11-,20-12-. The number of ketones is 1. The van der Waals surface area contributed by atoms with Crippen LogP contribution in [0.4, 0.5) is 17.2 Å². The van der Waals surface area contributed by atoms with Gasteiger partial charge >= 0.3 is 0 Å². The van der Waals surface area contributed by atoms with Crippen molar-refractivity contribution in [1.29, 1.82) is 0 Å². The third-order valence-corrected chi connectivity index (χ3v) is 5.12. The van der Waals surface area contributed by atoms with Crippen molar-refractivity contribution in [2.24, 2.45) is 0 Å². The van der Waals surface area contributed by atoms with Crippen LogP contribution in [-0.4, -0.2) is 33.7 Å². The summed E-state index contributed by atoms with van der Waals surface area (Å²) < 4.78 is 0. The van der Waals surface area contributed by atoms with Crippen LogP contribution in [0.3, 0.4) is 0 Å². The number of hydrogen-bond acceptors (Lipinski definition) is 7. The molecular weight excluding hydrogens is 424 g/mol. The van der Waals surface area contributed by atoms with Crippen molar-refractivity contribution in [2.45, 2.75) is 0 Å². The van der Waals surface area contributed by atoms with Gasteiger partial charge in [-0.2, -0.15) is 0 Å². The number of nitro benzene ring substituents is 2. The molecule has 0 saturated carbocycles. The van der Waals surface area contributed by atoms with Crippen LogP contribution in [-0.2, 0) is 4.79 Å². The number of rotatable bonds is 5. The Hall–Kier alpha value is -4.66. The lowest BCUT2D eigenvalue weighted by Crippen LogP contribution is -2.38. The zero-order chi connectivity index (χ0) is 23.4. The Kier molecular flexibility index (Phi) is 6.03. The Morgan fingerprint density at radius 3 is 1.79 bits per heavy atom. The predicted molar refractivity (Wildman–Crippen MR) is 124 cm³/mol. The zero-order valence-corrected chi connectivity index (χ0v) is 17.3. The lowest BCUT2D eigenvalue weighted by atomic mass is 9.94. The molecule has 0 atom stereocenters. The highest BCUT2D eigenvalue weighted by molar-refractivity contribution is 6.15. The van der Waals surface area contributed by atoms with Gasteiger partial charge in [0.15, 0.2) is 5.78 Å². The molecule has 0 N–H and O–H groups in total. The van der Waals surface area contributed by atoms with Crippen molar-refractivity contribution in [1.82, 2.24) is 4.98 Å². The second kappa shape index (κ2) is 9.23. The minimum atomic E-state index is -0.488. The van der Waals surface area contributed by atoms with Crippen LogP contribution >= 0.6 is 0 Å². The zero-order valence-electron chi connectivity index (χ0n) is 17.3. The Bertz CT molecular complexity index is 1220. The van der Waals surface area contributed by atoms with E-state index in [2.05, 4.69) is 4.98 Å². The molecule has 164 valence electrons. The minimum absolute atomic E-state index is 0.0680. The smallest absolute Gasteiger partial charge is 0.270 e. The van der Waals surface area contributed by atoms with E-state index >= 15 is 0 Å². The molecule has 1 aliphatic heterocycles. The van der Waals surface area contributed by atoms with E-state index in [0.717, 1.165) is 0 Å². The number of anilines is 1. The summed E-state index contributed by atoms with van der Waals surface area (Å²) in [5, 5.41) is 22.2. The van der Waals surface area contributed by atoms with E-state index in [1.54, 1.807) is 48.7 Å². The summed E-state index contributed by atoms with van der Waals surface area (Å²) in [6.07, 6.45) is 4.91. The number of nitrogens with zero attached hydrogens (tertiary/aromatic N) is 4. The number of piperidine rings is 1. The molecule has 1 aliphatic rings. The van der Waals surface area contributed by atoms with Crippen molar-refractivity contribution < 1.29 is 14.6 Å². The fraction of sp³-hybridized carbons (Fsp3) is 0.0833. The molecule has 2 aromatic carbocycles. The molecule has 1 aromatic heterocycles. The van der Waals surface area contributed by atoms with E-state index in [1.165, 1.54) is 24.3 Å². The van der Waals surface area contributed by atoms with E-state index in [1.807, 2.05) is 17.0 Å². The third kappa shape index (κ3) is 4.99. The summed E-state index contributed by atoms with van der Waals surface area (Å²) in [6, 6.07) is 17.6. The number of hydrogen-bond donors (Lipinski definition) is 0. The molecule has 1 fully saturated rings. The monoisotopic (exact) mass is 442 g/mol. The molecule has 1 saturated heterocycles. The first-order valence-electron chi connectivity index (χ1n) is 10.0. The average Bonchev–Trinajstić information content (AvgIpc) is 2.82. The number of aromatic nitrogens is 1. The highest BCUT2D eigenvalue weighted by Crippen LogP contribution is 2.27. The van der Waals surface area contributed by atoms with Crippen LogP contribution in [0.5, 0.6) is 0 Å². The summed E-state index contributed by atoms with van der Waals surface area (Å²) in [7, 11) is 0. The molecule has 4 rings (SSSR count). The largest absolute Gasteiger partial charge is 0.348 e. The molecule has 0 aliphatic carbocycles. The molecule has 0 radical (unpaired) electrons. The van der Waals surface area contributed by atoms with Gasteiger partial charge in [-0.1, -0.05) is 30.3 Å². The van der Waals surface area contributed by atoms with Gasteiger partial charge in [-0.25, -0.2) is 4.98 Å². The third-order valence-electron chi connectivity index (χ3n) is 5.12. The Morgan fingerprint density at radius 1 is 0.788 bits per heavy atom. The molecule has 0 unspecified atom stereocenters. The van der Waals surface area contributed by atoms with E-state index in [9.17, 15) is 25.0 Å². The van der Waals surface area contributed by atoms with Crippen molar-refractivity contribution in [2.75, 3.05) is 18.0 Å². The molecule has 2 heterocycles. The van der Waals surface area contributed by atoms with Gasteiger partial charge in [0.2, 0.25) is 0 Å². The molecule has 9 nitrogen and oxygen atoms in total. The van der Waals surface area contributed by atoms with Gasteiger partial charge in [-0.05, 0) is 35.4 Å². The van der Waals surface area contributed by atoms with Gasteiger partial charge in [0.1, 0.15) is 5.82 Å². The normalized spacial score (nSPS) is 16.2. The average molecular weight is 442 g/mol. The van der Waals surface area contributed by atoms with Crippen LogP contribution in [0.25, 0.3) is 12.2 Å². The van der Waals surface area contributed by atoms with Crippen molar-refractivity contribution >= 4 is 35.1 Å². The highest BCUT2D eigenvalue weighted by Gasteiger charge is 2.27. The molecule has 33 heavy (non-hydrogen) atoms. The van der Waals surface area contributed by atoms with Crippen molar-refractivity contribution in [3.05, 3.63) is 115 Å². The number of carbonyl (C=O) groups is 1. The molecule has 0 amide bonds. The number of benzene rings is 2. The van der Waals surface area contributed by atoms with Gasteiger partial charge in [0.25, 0.3) is 11.4 Å². The first-order valence-corrected chi connectivity index (χ1v) is 10.0. The van der Waals surface area contributed by atoms with Gasteiger partial charge < -0.3 is 4.90 Å². The fourth-order valence-electron chi connectivity index (χ4n) is 3.60. The number of Topliss-reactive ketones (excluding diaryl/α,β-unsaturated/α-hetero) is 1. The van der Waals surface area contributed by atoms with Crippen LogP contribution in [0, 0.1) is 20.2 Å². The maximum atomic E-state index is 13.3. The summed E-state index contributed by atoms with van der Waals surface area (Å²) in [4.78, 5) is 40.8. The summed E-state index contributed by atoms with van der Waals surface area (Å²) >= 11 is 0. The van der Waals surface area contributed by atoms with E-state index in [4.69, 9.17) is 0 Å². The second-order valence-corrected chi connectivity index (χ2v) is 7.42. The van der Waals surface area contributed by atoms with E-state index in [-0.39, 0.29) is 30.2 Å². The molecule has 3 aromatic rings. The SMILES string of the molecule is O=C1/C(=C\c2cccc([N+](=O)[O-])c2)CN(c2ccccn2)C/C1=C/c1cccc([N+](=O)[O-])c1. The van der Waals surface area contributed by atoms with Crippen LogP contribution < -0.4 is 4.90 Å². The van der Waals surface area contributed by atoms with Crippen LogP contribution in [0.1, 0.15) is 11.1 Å². The Balaban J connectivity index is 1.76. The number of non-ortho nitro benzene ring substituents is 2. The van der Waals surface area contributed by atoms with Gasteiger partial charge in [0.05, 0.1) is 9.85 Å². The Labute approximate surface area is 188 Å². The summed E-state index contributed by atoms with van der Waals surface area (Å²) in [5.41, 5.74) is 1.80. The topological polar surface area (TPSA) is 119 Å². The molecular formula is C24H18N4O5. The first-order chi connectivity index (χ1) is 15.9. The van der Waals surface area contributed by atoms with E-state index in [0.29, 0.717) is 28.1 Å². The van der Waals surface area contributed by atoms with Gasteiger partial charge in [0, 0.05) is 54.7 Å². The predicted octanol–water partition coefficient (Wildman–Crippen LogP) is 4.45. The quantitative estimate of drug-likeness (QED) is 0.325. The number of pyridine rings is 1. The van der Waals surface area contributed by atoms with Crippen LogP contribution in [0.15, 0.2) is 84.1 Å². The lowest BCUT2D eigenvalue weighted by molar-refractivity contribution is -0.385. The minimum Gasteiger partial charge on any atom is -0.348 e. The van der Waals surface area contributed by atoms with Crippen molar-refractivity contribution in [3.8, 4) is 0 Å². The van der Waals surface area contributed by atoms with E-state index < -0.39 is 9.85 Å². The highest BCUT2D eigenvalue weighted by atomic mass is 16.6. The summed E-state index contributed by atoms with van der Waals surface area (Å²) in [6.45, 7) is 0.537. The number of carbonyl (C=O) groups excluding carboxylic acids is 1. The van der Waals surface area contributed by atoms with Crippen LogP contribution in [0.2, 0.25) is 0 Å². The summed E-state index contributed by atoms with van der Waals surface area (Å²) in [5.74, 6) is 0.445. The first kappa shape index (κ1) is 21.6. The lowest BCUT2D eigenvalue weighted by Gasteiger charge is -2.30. The van der Waals surface area contributed by atoms with Gasteiger partial charge in [-0.15, -0.1) is 0 Å². The van der Waals surface area contributed by atoms with Gasteiger partial charge in [-0.3, -0.25) is 25.0 Å².